The molecule has 19 heavy (non-hydrogen) atoms. The second kappa shape index (κ2) is 7.29. The Bertz CT molecular complexity index is 409. The second-order valence-corrected chi connectivity index (χ2v) is 5.37. The highest BCUT2D eigenvalue weighted by Crippen LogP contribution is 2.16. The summed E-state index contributed by atoms with van der Waals surface area (Å²) in [6, 6.07) is 8.43. The lowest BCUT2D eigenvalue weighted by Crippen LogP contribution is -2.26. The Hall–Kier alpha value is -1.35. The molecular formula is C16H24N2O. The maximum atomic E-state index is 11.0. The molecule has 0 saturated carbocycles. The van der Waals surface area contributed by atoms with E-state index >= 15 is 0 Å². The summed E-state index contributed by atoms with van der Waals surface area (Å²) in [6.45, 7) is 5.62. The monoisotopic (exact) mass is 260 g/mol. The molecule has 1 aromatic rings. The van der Waals surface area contributed by atoms with Gasteiger partial charge in [-0.05, 0) is 37.1 Å². The van der Waals surface area contributed by atoms with Gasteiger partial charge in [-0.3, -0.25) is 9.69 Å². The lowest BCUT2D eigenvalue weighted by Gasteiger charge is -2.21. The topological polar surface area (TPSA) is 32.3 Å². The number of hydrogen-bond donors (Lipinski definition) is 1. The highest BCUT2D eigenvalue weighted by molar-refractivity contribution is 5.72. The van der Waals surface area contributed by atoms with Gasteiger partial charge in [0.05, 0.1) is 0 Å². The Labute approximate surface area is 116 Å². The van der Waals surface area contributed by atoms with Crippen molar-refractivity contribution in [1.82, 2.24) is 10.2 Å². The Kier molecular flexibility index (Phi) is 5.40. The van der Waals surface area contributed by atoms with Crippen molar-refractivity contribution in [2.24, 2.45) is 0 Å². The van der Waals surface area contributed by atoms with Gasteiger partial charge in [0.15, 0.2) is 0 Å². The van der Waals surface area contributed by atoms with Crippen molar-refractivity contribution in [3.8, 4) is 0 Å². The molecule has 0 aliphatic carbocycles. The van der Waals surface area contributed by atoms with Crippen molar-refractivity contribution in [3.05, 3.63) is 35.4 Å². The van der Waals surface area contributed by atoms with Crippen LogP contribution in [0, 0.1) is 0 Å². The maximum absolute atomic E-state index is 11.0. The molecule has 104 valence electrons. The van der Waals surface area contributed by atoms with Gasteiger partial charge >= 0.3 is 0 Å². The van der Waals surface area contributed by atoms with E-state index in [1.54, 1.807) is 6.92 Å². The van der Waals surface area contributed by atoms with Crippen molar-refractivity contribution in [2.45, 2.75) is 45.7 Å². The Morgan fingerprint density at radius 3 is 2.37 bits per heavy atom. The highest BCUT2D eigenvalue weighted by Gasteiger charge is 2.11. The highest BCUT2D eigenvalue weighted by atomic mass is 16.1. The molecular weight excluding hydrogens is 236 g/mol. The average Bonchev–Trinajstić information content (AvgIpc) is 2.66. The number of nitrogens with one attached hydrogen (secondary N) is 1. The molecule has 2 rings (SSSR count). The average molecular weight is 260 g/mol. The number of hydrogen-bond acceptors (Lipinski definition) is 2. The number of likely N-dealkylation sites (tertiary alicyclic amines) is 1. The largest absolute Gasteiger partial charge is 0.352 e. The summed E-state index contributed by atoms with van der Waals surface area (Å²) in [5.41, 5.74) is 2.58. The van der Waals surface area contributed by atoms with E-state index in [1.165, 1.54) is 49.9 Å². The van der Waals surface area contributed by atoms with Crippen LogP contribution in [-0.4, -0.2) is 23.9 Å². The molecule has 1 aliphatic rings. The van der Waals surface area contributed by atoms with Gasteiger partial charge in [-0.25, -0.2) is 0 Å². The summed E-state index contributed by atoms with van der Waals surface area (Å²) in [5.74, 6) is 0.0320. The van der Waals surface area contributed by atoms with E-state index in [0.29, 0.717) is 6.54 Å². The lowest BCUT2D eigenvalue weighted by atomic mass is 10.1. The molecule has 0 atom stereocenters. The third-order valence-corrected chi connectivity index (χ3v) is 3.74. The van der Waals surface area contributed by atoms with Crippen LogP contribution in [0.2, 0.25) is 0 Å². The minimum atomic E-state index is 0.0320. The molecule has 1 heterocycles. The van der Waals surface area contributed by atoms with Crippen molar-refractivity contribution in [3.63, 3.8) is 0 Å². The first-order chi connectivity index (χ1) is 9.25. The summed E-state index contributed by atoms with van der Waals surface area (Å²) in [6.07, 6.45) is 5.36. The molecule has 0 radical (unpaired) electrons. The molecule has 1 saturated heterocycles. The summed E-state index contributed by atoms with van der Waals surface area (Å²) in [4.78, 5) is 13.6. The summed E-state index contributed by atoms with van der Waals surface area (Å²) >= 11 is 0. The summed E-state index contributed by atoms with van der Waals surface area (Å²) in [5, 5.41) is 2.89. The molecule has 1 amide bonds. The van der Waals surface area contributed by atoms with Gasteiger partial charge in [-0.2, -0.15) is 0 Å². The van der Waals surface area contributed by atoms with E-state index in [-0.39, 0.29) is 5.91 Å². The van der Waals surface area contributed by atoms with Crippen LogP contribution >= 0.6 is 0 Å². The number of carbonyl (C=O) groups excluding carboxylic acids is 1. The zero-order chi connectivity index (χ0) is 13.5. The standard InChI is InChI=1S/C16H24N2O/c1-14(19)17-12-15-8-4-5-9-16(15)13-18-10-6-2-3-7-11-18/h4-5,8-9H,2-3,6-7,10-13H2,1H3,(H,17,19). The Morgan fingerprint density at radius 2 is 1.74 bits per heavy atom. The molecule has 3 nitrogen and oxygen atoms in total. The first-order valence-corrected chi connectivity index (χ1v) is 7.29. The van der Waals surface area contributed by atoms with E-state index < -0.39 is 0 Å². The fourth-order valence-corrected chi connectivity index (χ4v) is 2.64. The molecule has 1 N–H and O–H groups in total. The van der Waals surface area contributed by atoms with E-state index in [9.17, 15) is 4.79 Å². The van der Waals surface area contributed by atoms with Crippen molar-refractivity contribution >= 4 is 5.91 Å². The third kappa shape index (κ3) is 4.67. The number of benzene rings is 1. The van der Waals surface area contributed by atoms with Gasteiger partial charge in [-0.1, -0.05) is 37.1 Å². The summed E-state index contributed by atoms with van der Waals surface area (Å²) < 4.78 is 0. The van der Waals surface area contributed by atoms with Crippen LogP contribution in [0.5, 0.6) is 0 Å². The first kappa shape index (κ1) is 14.1. The quantitative estimate of drug-likeness (QED) is 0.902. The van der Waals surface area contributed by atoms with Crippen LogP contribution in [0.1, 0.15) is 43.7 Å². The minimum absolute atomic E-state index is 0.0320. The van der Waals surface area contributed by atoms with Crippen LogP contribution < -0.4 is 5.32 Å². The fourth-order valence-electron chi connectivity index (χ4n) is 2.64. The molecule has 1 aromatic carbocycles. The lowest BCUT2D eigenvalue weighted by molar-refractivity contribution is -0.119. The van der Waals surface area contributed by atoms with E-state index in [1.807, 2.05) is 6.07 Å². The molecule has 1 fully saturated rings. The molecule has 0 spiro atoms. The molecule has 0 bridgehead atoms. The molecule has 1 aliphatic heterocycles. The number of carbonyl (C=O) groups is 1. The van der Waals surface area contributed by atoms with E-state index in [2.05, 4.69) is 28.4 Å². The smallest absolute Gasteiger partial charge is 0.217 e. The predicted octanol–water partition coefficient (Wildman–Crippen LogP) is 2.70. The number of amides is 1. The predicted molar refractivity (Wildman–Crippen MR) is 77.7 cm³/mol. The third-order valence-electron chi connectivity index (χ3n) is 3.74. The zero-order valence-corrected chi connectivity index (χ0v) is 11.8. The minimum Gasteiger partial charge on any atom is -0.352 e. The van der Waals surface area contributed by atoms with E-state index in [0.717, 1.165) is 6.54 Å². The Balaban J connectivity index is 1.99. The van der Waals surface area contributed by atoms with Gasteiger partial charge in [0.1, 0.15) is 0 Å². The number of rotatable bonds is 4. The van der Waals surface area contributed by atoms with E-state index in [4.69, 9.17) is 0 Å². The van der Waals surface area contributed by atoms with Gasteiger partial charge in [0.25, 0.3) is 0 Å². The van der Waals surface area contributed by atoms with Gasteiger partial charge in [-0.15, -0.1) is 0 Å². The summed E-state index contributed by atoms with van der Waals surface area (Å²) in [7, 11) is 0. The Morgan fingerprint density at radius 1 is 1.11 bits per heavy atom. The fraction of sp³-hybridized carbons (Fsp3) is 0.562. The van der Waals surface area contributed by atoms with Crippen molar-refractivity contribution in [1.29, 1.82) is 0 Å². The maximum Gasteiger partial charge on any atom is 0.217 e. The molecule has 0 unspecified atom stereocenters. The van der Waals surface area contributed by atoms with Gasteiger partial charge in [0.2, 0.25) is 5.91 Å². The second-order valence-electron chi connectivity index (χ2n) is 5.37. The van der Waals surface area contributed by atoms with Crippen LogP contribution in [-0.2, 0) is 17.9 Å². The first-order valence-electron chi connectivity index (χ1n) is 7.29. The molecule has 0 aromatic heterocycles. The molecule has 3 heteroatoms. The zero-order valence-electron chi connectivity index (χ0n) is 11.8. The van der Waals surface area contributed by atoms with Crippen LogP contribution in [0.15, 0.2) is 24.3 Å². The van der Waals surface area contributed by atoms with Crippen molar-refractivity contribution < 1.29 is 4.79 Å². The SMILES string of the molecule is CC(=O)NCc1ccccc1CN1CCCCCC1. The van der Waals surface area contributed by atoms with Gasteiger partial charge < -0.3 is 5.32 Å². The van der Waals surface area contributed by atoms with Gasteiger partial charge in [0, 0.05) is 20.0 Å². The van der Waals surface area contributed by atoms with Crippen LogP contribution in [0.3, 0.4) is 0 Å². The van der Waals surface area contributed by atoms with Crippen molar-refractivity contribution in [2.75, 3.05) is 13.1 Å². The number of nitrogens with zero attached hydrogens (tertiary/aromatic N) is 1. The normalized spacial score (nSPS) is 16.9. The van der Waals surface area contributed by atoms with Crippen LogP contribution in [0.25, 0.3) is 0 Å². The van der Waals surface area contributed by atoms with Crippen LogP contribution in [0.4, 0.5) is 0 Å².